The van der Waals surface area contributed by atoms with Crippen LogP contribution in [-0.4, -0.2) is 30.4 Å². The number of ether oxygens (including phenoxy) is 1. The minimum absolute atomic E-state index is 0.00349. The van der Waals surface area contributed by atoms with Crippen LogP contribution in [0.2, 0.25) is 0 Å². The number of para-hydroxylation sites is 1. The van der Waals surface area contributed by atoms with E-state index in [2.05, 4.69) is 20.0 Å². The van der Waals surface area contributed by atoms with Gasteiger partial charge in [0, 0.05) is 17.6 Å². The van der Waals surface area contributed by atoms with Gasteiger partial charge < -0.3 is 10.1 Å². The molecular weight excluding hydrogens is 404 g/mol. The van der Waals surface area contributed by atoms with Gasteiger partial charge in [0.05, 0.1) is 4.90 Å². The third-order valence-electron chi connectivity index (χ3n) is 4.14. The molecule has 8 nitrogen and oxygen atoms in total. The molecule has 0 saturated heterocycles. The number of nitrogens with zero attached hydrogens (tertiary/aromatic N) is 2. The Balaban J connectivity index is 1.66. The normalized spacial score (nSPS) is 12.1. The number of amides is 1. The van der Waals surface area contributed by atoms with Crippen molar-refractivity contribution in [1.29, 1.82) is 0 Å². The first-order chi connectivity index (χ1) is 14.4. The van der Waals surface area contributed by atoms with Crippen LogP contribution in [0.4, 0.5) is 11.6 Å². The molecule has 3 aromatic rings. The van der Waals surface area contributed by atoms with Gasteiger partial charge in [-0.1, -0.05) is 25.1 Å². The molecule has 1 aromatic heterocycles. The lowest BCUT2D eigenvalue weighted by Gasteiger charge is -2.17. The molecule has 0 aliphatic heterocycles. The van der Waals surface area contributed by atoms with Gasteiger partial charge in [-0.25, -0.2) is 23.1 Å². The Labute approximate surface area is 175 Å². The van der Waals surface area contributed by atoms with Gasteiger partial charge in [0.15, 0.2) is 6.10 Å². The summed E-state index contributed by atoms with van der Waals surface area (Å²) in [6.45, 7) is 3.59. The molecular formula is C21H22N4O4S. The number of hydrogen-bond acceptors (Lipinski definition) is 6. The molecule has 3 rings (SSSR count). The highest BCUT2D eigenvalue weighted by Crippen LogP contribution is 2.18. The zero-order valence-electron chi connectivity index (χ0n) is 16.6. The number of benzene rings is 2. The SMILES string of the molecule is CCC(Oc1ccccc1)C(=O)Nc1ccc(S(=O)(=O)Nc2nccc(C)n2)cc1. The maximum Gasteiger partial charge on any atom is 0.265 e. The molecule has 0 radical (unpaired) electrons. The number of sulfonamides is 1. The number of carbonyl (C=O) groups excluding carboxylic acids is 1. The van der Waals surface area contributed by atoms with Gasteiger partial charge in [0.25, 0.3) is 15.9 Å². The van der Waals surface area contributed by atoms with Crippen LogP contribution >= 0.6 is 0 Å². The summed E-state index contributed by atoms with van der Waals surface area (Å²) in [5.74, 6) is 0.282. The van der Waals surface area contributed by atoms with E-state index < -0.39 is 16.1 Å². The van der Waals surface area contributed by atoms with Crippen molar-refractivity contribution in [3.05, 3.63) is 72.6 Å². The number of aromatic nitrogens is 2. The van der Waals surface area contributed by atoms with Crippen LogP contribution < -0.4 is 14.8 Å². The second-order valence-corrected chi connectivity index (χ2v) is 8.15. The minimum atomic E-state index is -3.85. The molecule has 2 aromatic carbocycles. The monoisotopic (exact) mass is 426 g/mol. The fraction of sp³-hybridized carbons (Fsp3) is 0.190. The van der Waals surface area contributed by atoms with E-state index in [1.54, 1.807) is 25.1 Å². The number of carbonyl (C=O) groups is 1. The molecule has 2 N–H and O–H groups in total. The van der Waals surface area contributed by atoms with E-state index in [0.717, 1.165) is 0 Å². The van der Waals surface area contributed by atoms with Crippen LogP contribution in [-0.2, 0) is 14.8 Å². The Hall–Kier alpha value is -3.46. The highest BCUT2D eigenvalue weighted by molar-refractivity contribution is 7.92. The summed E-state index contributed by atoms with van der Waals surface area (Å²) in [4.78, 5) is 20.5. The van der Waals surface area contributed by atoms with Crippen LogP contribution in [0.3, 0.4) is 0 Å². The van der Waals surface area contributed by atoms with E-state index in [0.29, 0.717) is 23.6 Å². The van der Waals surface area contributed by atoms with Crippen molar-refractivity contribution < 1.29 is 17.9 Å². The van der Waals surface area contributed by atoms with Crippen molar-refractivity contribution in [2.24, 2.45) is 0 Å². The topological polar surface area (TPSA) is 110 Å². The Morgan fingerprint density at radius 1 is 1.07 bits per heavy atom. The van der Waals surface area contributed by atoms with Gasteiger partial charge in [-0.3, -0.25) is 4.79 Å². The molecule has 1 heterocycles. The Bertz CT molecular complexity index is 1100. The predicted molar refractivity (Wildman–Crippen MR) is 114 cm³/mol. The van der Waals surface area contributed by atoms with Crippen molar-refractivity contribution in [3.63, 3.8) is 0 Å². The first-order valence-electron chi connectivity index (χ1n) is 9.32. The first kappa shape index (κ1) is 21.3. The van der Waals surface area contributed by atoms with Crippen LogP contribution in [0.1, 0.15) is 19.0 Å². The van der Waals surface area contributed by atoms with Crippen LogP contribution in [0.25, 0.3) is 0 Å². The van der Waals surface area contributed by atoms with Crippen molar-refractivity contribution in [2.45, 2.75) is 31.3 Å². The summed E-state index contributed by atoms with van der Waals surface area (Å²) in [5.41, 5.74) is 1.10. The fourth-order valence-electron chi connectivity index (χ4n) is 2.60. The van der Waals surface area contributed by atoms with Crippen molar-refractivity contribution in [1.82, 2.24) is 9.97 Å². The summed E-state index contributed by atoms with van der Waals surface area (Å²) in [7, 11) is -3.85. The molecule has 0 bridgehead atoms. The van der Waals surface area contributed by atoms with Crippen molar-refractivity contribution in [3.8, 4) is 5.75 Å². The molecule has 0 spiro atoms. The Morgan fingerprint density at radius 2 is 1.77 bits per heavy atom. The van der Waals surface area contributed by atoms with Gasteiger partial charge in [-0.2, -0.15) is 0 Å². The van der Waals surface area contributed by atoms with Gasteiger partial charge in [0.1, 0.15) is 5.75 Å². The summed E-state index contributed by atoms with van der Waals surface area (Å²) < 4.78 is 33.1. The fourth-order valence-corrected chi connectivity index (χ4v) is 3.55. The van der Waals surface area contributed by atoms with Gasteiger partial charge >= 0.3 is 0 Å². The summed E-state index contributed by atoms with van der Waals surface area (Å²) in [5, 5.41) is 2.75. The number of anilines is 2. The molecule has 1 atom stereocenters. The number of aryl methyl sites for hydroxylation is 1. The molecule has 30 heavy (non-hydrogen) atoms. The lowest BCUT2D eigenvalue weighted by atomic mass is 10.2. The number of rotatable bonds is 8. The van der Waals surface area contributed by atoms with E-state index in [9.17, 15) is 13.2 Å². The average Bonchev–Trinajstić information content (AvgIpc) is 2.73. The third kappa shape index (κ3) is 5.54. The van der Waals surface area contributed by atoms with E-state index in [-0.39, 0.29) is 16.8 Å². The zero-order valence-corrected chi connectivity index (χ0v) is 17.4. The number of hydrogen-bond donors (Lipinski definition) is 2. The maximum absolute atomic E-state index is 12.5. The van der Waals surface area contributed by atoms with E-state index in [4.69, 9.17) is 4.74 Å². The molecule has 1 unspecified atom stereocenters. The Kier molecular flexibility index (Phi) is 6.63. The van der Waals surface area contributed by atoms with Crippen LogP contribution in [0, 0.1) is 6.92 Å². The molecule has 0 saturated carbocycles. The smallest absolute Gasteiger partial charge is 0.265 e. The Morgan fingerprint density at radius 3 is 2.40 bits per heavy atom. The molecule has 9 heteroatoms. The van der Waals surface area contributed by atoms with E-state index in [1.165, 1.54) is 30.5 Å². The highest BCUT2D eigenvalue weighted by Gasteiger charge is 2.20. The van der Waals surface area contributed by atoms with Gasteiger partial charge in [-0.15, -0.1) is 0 Å². The van der Waals surface area contributed by atoms with E-state index in [1.807, 2.05) is 25.1 Å². The largest absolute Gasteiger partial charge is 0.481 e. The summed E-state index contributed by atoms with van der Waals surface area (Å²) >= 11 is 0. The quantitative estimate of drug-likeness (QED) is 0.571. The van der Waals surface area contributed by atoms with Crippen LogP contribution in [0.5, 0.6) is 5.75 Å². The van der Waals surface area contributed by atoms with Gasteiger partial charge in [-0.05, 0) is 55.8 Å². The molecule has 0 aliphatic rings. The zero-order chi connectivity index (χ0) is 21.6. The second-order valence-electron chi connectivity index (χ2n) is 6.47. The van der Waals surface area contributed by atoms with E-state index >= 15 is 0 Å². The maximum atomic E-state index is 12.5. The summed E-state index contributed by atoms with van der Waals surface area (Å²) in [6, 6.07) is 16.6. The van der Waals surface area contributed by atoms with Crippen molar-refractivity contribution >= 4 is 27.6 Å². The minimum Gasteiger partial charge on any atom is -0.481 e. The molecule has 156 valence electrons. The lowest BCUT2D eigenvalue weighted by molar-refractivity contribution is -0.122. The highest BCUT2D eigenvalue weighted by atomic mass is 32.2. The standard InChI is InChI=1S/C21H22N4O4S/c1-3-19(29-17-7-5-4-6-8-17)20(26)24-16-9-11-18(12-10-16)30(27,28)25-21-22-14-13-15(2)23-21/h4-14,19H,3H2,1-2H3,(H,24,26)(H,22,23,25). The lowest BCUT2D eigenvalue weighted by Crippen LogP contribution is -2.32. The third-order valence-corrected chi connectivity index (χ3v) is 5.48. The second kappa shape index (κ2) is 9.36. The van der Waals surface area contributed by atoms with Crippen molar-refractivity contribution in [2.75, 3.05) is 10.0 Å². The molecule has 0 aliphatic carbocycles. The molecule has 0 fully saturated rings. The van der Waals surface area contributed by atoms with Crippen LogP contribution in [0.15, 0.2) is 71.8 Å². The van der Waals surface area contributed by atoms with Gasteiger partial charge in [0.2, 0.25) is 5.95 Å². The predicted octanol–water partition coefficient (Wildman–Crippen LogP) is 3.38. The average molecular weight is 426 g/mol. The first-order valence-corrected chi connectivity index (χ1v) is 10.8. The molecule has 1 amide bonds. The summed E-state index contributed by atoms with van der Waals surface area (Å²) in [6.07, 6.45) is 1.28. The number of nitrogens with one attached hydrogen (secondary N) is 2.